The van der Waals surface area contributed by atoms with Crippen LogP contribution in [0.25, 0.3) is 0 Å². The van der Waals surface area contributed by atoms with E-state index in [-0.39, 0.29) is 0 Å². The van der Waals surface area contributed by atoms with Crippen molar-refractivity contribution in [3.8, 4) is 0 Å². The lowest BCUT2D eigenvalue weighted by molar-refractivity contribution is 0.0124. The van der Waals surface area contributed by atoms with Gasteiger partial charge >= 0.3 is 5.97 Å². The SMILES string of the molecule is CC(F)(F)c1ccc(C(=O)O)c(=O)[nH]1. The van der Waals surface area contributed by atoms with E-state index >= 15 is 0 Å². The van der Waals surface area contributed by atoms with E-state index < -0.39 is 28.7 Å². The quantitative estimate of drug-likeness (QED) is 0.758. The molecule has 0 radical (unpaired) electrons. The zero-order chi connectivity index (χ0) is 10.9. The largest absolute Gasteiger partial charge is 0.477 e. The van der Waals surface area contributed by atoms with E-state index in [2.05, 4.69) is 0 Å². The fourth-order valence-corrected chi connectivity index (χ4v) is 0.898. The van der Waals surface area contributed by atoms with Gasteiger partial charge in [0.15, 0.2) is 0 Å². The zero-order valence-electron chi connectivity index (χ0n) is 7.17. The second kappa shape index (κ2) is 3.21. The molecular weight excluding hydrogens is 196 g/mol. The third-order valence-corrected chi connectivity index (χ3v) is 1.61. The minimum atomic E-state index is -3.18. The second-order valence-corrected chi connectivity index (χ2v) is 2.81. The van der Waals surface area contributed by atoms with Crippen LogP contribution in [-0.4, -0.2) is 16.1 Å². The van der Waals surface area contributed by atoms with Crippen molar-refractivity contribution in [2.45, 2.75) is 12.8 Å². The van der Waals surface area contributed by atoms with Gasteiger partial charge in [0, 0.05) is 6.92 Å². The molecular formula is C8H7F2NO3. The normalized spacial score (nSPS) is 11.4. The maximum absolute atomic E-state index is 12.6. The van der Waals surface area contributed by atoms with Crippen LogP contribution in [0.5, 0.6) is 0 Å². The van der Waals surface area contributed by atoms with Gasteiger partial charge in [0.25, 0.3) is 11.5 Å². The Bertz CT molecular complexity index is 419. The van der Waals surface area contributed by atoms with E-state index in [1.165, 1.54) is 0 Å². The van der Waals surface area contributed by atoms with Crippen LogP contribution in [0.4, 0.5) is 8.78 Å². The summed E-state index contributed by atoms with van der Waals surface area (Å²) in [6.45, 7) is 0.610. The molecule has 0 aliphatic rings. The number of carboxylic acids is 1. The van der Waals surface area contributed by atoms with Gasteiger partial charge in [0.1, 0.15) is 5.56 Å². The smallest absolute Gasteiger partial charge is 0.341 e. The highest BCUT2D eigenvalue weighted by Crippen LogP contribution is 2.23. The van der Waals surface area contributed by atoms with Gasteiger partial charge in [-0.1, -0.05) is 0 Å². The van der Waals surface area contributed by atoms with Crippen molar-refractivity contribution in [3.05, 3.63) is 33.7 Å². The van der Waals surface area contributed by atoms with E-state index in [4.69, 9.17) is 5.11 Å². The third kappa shape index (κ3) is 1.95. The molecule has 4 nitrogen and oxygen atoms in total. The lowest BCUT2D eigenvalue weighted by Gasteiger charge is -2.09. The molecule has 0 spiro atoms. The molecule has 0 amide bonds. The summed E-state index contributed by atoms with van der Waals surface area (Å²) < 4.78 is 25.3. The monoisotopic (exact) mass is 203 g/mol. The molecule has 2 N–H and O–H groups in total. The Kier molecular flexibility index (Phi) is 2.37. The number of rotatable bonds is 2. The fourth-order valence-electron chi connectivity index (χ4n) is 0.898. The molecule has 0 aromatic carbocycles. The van der Waals surface area contributed by atoms with Crippen LogP contribution in [0, 0.1) is 0 Å². The summed E-state index contributed by atoms with van der Waals surface area (Å²) in [5.41, 5.74) is -2.19. The predicted molar refractivity (Wildman–Crippen MR) is 43.6 cm³/mol. The van der Waals surface area contributed by atoms with E-state index in [9.17, 15) is 18.4 Å². The first kappa shape index (κ1) is 10.4. The summed E-state index contributed by atoms with van der Waals surface area (Å²) in [6, 6.07) is 1.73. The molecule has 0 unspecified atom stereocenters. The molecule has 0 saturated carbocycles. The number of halogens is 2. The molecule has 0 fully saturated rings. The summed E-state index contributed by atoms with van der Waals surface area (Å²) in [6.07, 6.45) is 0. The van der Waals surface area contributed by atoms with Crippen LogP contribution >= 0.6 is 0 Å². The number of aromatic amines is 1. The van der Waals surface area contributed by atoms with Crippen LogP contribution < -0.4 is 5.56 Å². The van der Waals surface area contributed by atoms with Crippen molar-refractivity contribution in [2.24, 2.45) is 0 Å². The maximum atomic E-state index is 12.6. The van der Waals surface area contributed by atoms with Gasteiger partial charge in [-0.15, -0.1) is 0 Å². The van der Waals surface area contributed by atoms with Gasteiger partial charge in [-0.25, -0.2) is 13.6 Å². The molecule has 0 aliphatic heterocycles. The lowest BCUT2D eigenvalue weighted by atomic mass is 10.2. The topological polar surface area (TPSA) is 70.2 Å². The predicted octanol–water partition coefficient (Wildman–Crippen LogP) is 1.18. The molecule has 1 rings (SSSR count). The Morgan fingerprint density at radius 3 is 2.43 bits per heavy atom. The highest BCUT2D eigenvalue weighted by molar-refractivity contribution is 5.86. The number of nitrogens with one attached hydrogen (secondary N) is 1. The summed E-state index contributed by atoms with van der Waals surface area (Å²) in [5, 5.41) is 8.45. The molecule has 0 saturated heterocycles. The number of hydrogen-bond donors (Lipinski definition) is 2. The second-order valence-electron chi connectivity index (χ2n) is 2.81. The van der Waals surface area contributed by atoms with Crippen LogP contribution in [0.3, 0.4) is 0 Å². The van der Waals surface area contributed by atoms with Crippen molar-refractivity contribution in [1.29, 1.82) is 0 Å². The maximum Gasteiger partial charge on any atom is 0.341 e. The van der Waals surface area contributed by atoms with Gasteiger partial charge in [-0.3, -0.25) is 4.79 Å². The Morgan fingerprint density at radius 1 is 1.50 bits per heavy atom. The van der Waals surface area contributed by atoms with Gasteiger partial charge in [-0.05, 0) is 12.1 Å². The van der Waals surface area contributed by atoms with Crippen molar-refractivity contribution in [1.82, 2.24) is 4.98 Å². The molecule has 6 heteroatoms. The molecule has 14 heavy (non-hydrogen) atoms. The first-order valence-electron chi connectivity index (χ1n) is 3.67. The Labute approximate surface area is 77.2 Å². The van der Waals surface area contributed by atoms with Crippen LogP contribution in [0.2, 0.25) is 0 Å². The van der Waals surface area contributed by atoms with Gasteiger partial charge in [0.05, 0.1) is 5.69 Å². The number of carbonyl (C=O) groups is 1. The van der Waals surface area contributed by atoms with Crippen molar-refractivity contribution in [3.63, 3.8) is 0 Å². The van der Waals surface area contributed by atoms with E-state index in [1.807, 2.05) is 4.98 Å². The number of pyridine rings is 1. The molecule has 0 atom stereocenters. The molecule has 1 heterocycles. The number of carboxylic acid groups (broad SMARTS) is 1. The summed E-state index contributed by atoms with van der Waals surface area (Å²) in [4.78, 5) is 23.1. The Balaban J connectivity index is 3.27. The molecule has 76 valence electrons. The minimum Gasteiger partial charge on any atom is -0.477 e. The fraction of sp³-hybridized carbons (Fsp3) is 0.250. The van der Waals surface area contributed by atoms with E-state index in [0.717, 1.165) is 12.1 Å². The van der Waals surface area contributed by atoms with Gasteiger partial charge < -0.3 is 10.1 Å². The standard InChI is InChI=1S/C8H7F2NO3/c1-8(9,10)5-3-2-4(7(13)14)6(12)11-5/h2-3H,1H3,(H,11,12)(H,13,14). The first-order valence-corrected chi connectivity index (χ1v) is 3.67. The van der Waals surface area contributed by atoms with Crippen LogP contribution in [-0.2, 0) is 5.92 Å². The summed E-state index contributed by atoms with van der Waals surface area (Å²) in [7, 11) is 0. The number of alkyl halides is 2. The van der Waals surface area contributed by atoms with Crippen LogP contribution in [0.1, 0.15) is 23.0 Å². The molecule has 0 bridgehead atoms. The average Bonchev–Trinajstić information content (AvgIpc) is 2.01. The average molecular weight is 203 g/mol. The molecule has 1 aromatic rings. The number of H-pyrrole nitrogens is 1. The lowest BCUT2D eigenvalue weighted by Crippen LogP contribution is -2.22. The number of hydrogen-bond acceptors (Lipinski definition) is 2. The Morgan fingerprint density at radius 2 is 2.07 bits per heavy atom. The number of aromatic nitrogens is 1. The Hall–Kier alpha value is -1.72. The number of aromatic carboxylic acids is 1. The highest BCUT2D eigenvalue weighted by Gasteiger charge is 2.26. The first-order chi connectivity index (χ1) is 6.32. The van der Waals surface area contributed by atoms with Gasteiger partial charge in [-0.2, -0.15) is 0 Å². The van der Waals surface area contributed by atoms with Crippen molar-refractivity contribution >= 4 is 5.97 Å². The van der Waals surface area contributed by atoms with Crippen molar-refractivity contribution in [2.75, 3.05) is 0 Å². The zero-order valence-corrected chi connectivity index (χ0v) is 7.17. The van der Waals surface area contributed by atoms with Crippen LogP contribution in [0.15, 0.2) is 16.9 Å². The van der Waals surface area contributed by atoms with E-state index in [1.54, 1.807) is 0 Å². The van der Waals surface area contributed by atoms with E-state index in [0.29, 0.717) is 6.92 Å². The molecule has 1 aromatic heterocycles. The highest BCUT2D eigenvalue weighted by atomic mass is 19.3. The molecule has 0 aliphatic carbocycles. The summed E-state index contributed by atoms with van der Waals surface area (Å²) >= 11 is 0. The minimum absolute atomic E-state index is 0.557. The van der Waals surface area contributed by atoms with Crippen molar-refractivity contribution < 1.29 is 18.7 Å². The third-order valence-electron chi connectivity index (χ3n) is 1.61. The summed E-state index contributed by atoms with van der Waals surface area (Å²) in [5.74, 6) is -4.63. The van der Waals surface area contributed by atoms with Gasteiger partial charge in [0.2, 0.25) is 0 Å².